The zero-order valence-electron chi connectivity index (χ0n) is 6.74. The van der Waals surface area contributed by atoms with E-state index in [0.29, 0.717) is 6.42 Å². The van der Waals surface area contributed by atoms with E-state index in [9.17, 15) is 14.4 Å². The molecule has 0 aromatic heterocycles. The molecule has 0 unspecified atom stereocenters. The van der Waals surface area contributed by atoms with E-state index in [1.807, 2.05) is 0 Å². The van der Waals surface area contributed by atoms with Gasteiger partial charge in [0, 0.05) is 18.6 Å². The summed E-state index contributed by atoms with van der Waals surface area (Å²) in [6.07, 6.45) is 2.69. The minimum absolute atomic E-state index is 0. The Labute approximate surface area is 77.2 Å². The third-order valence-corrected chi connectivity index (χ3v) is 1.63. The van der Waals surface area contributed by atoms with Crippen LogP contribution in [0.15, 0.2) is 12.2 Å². The smallest absolute Gasteiger partial charge is 0.254 e. The molecule has 13 heavy (non-hydrogen) atoms. The SMILES string of the molecule is C.CCC(=O)CN1C(=O)C=CC1=O. The molecular weight excluding hydrogens is 170 g/mol. The van der Waals surface area contributed by atoms with Crippen molar-refractivity contribution in [1.82, 2.24) is 4.90 Å². The maximum Gasteiger partial charge on any atom is 0.254 e. The average molecular weight is 183 g/mol. The molecule has 1 rings (SSSR count). The second-order valence-corrected chi connectivity index (χ2v) is 2.49. The molecule has 0 N–H and O–H groups in total. The minimum Gasteiger partial charge on any atom is -0.298 e. The molecule has 0 aromatic carbocycles. The summed E-state index contributed by atoms with van der Waals surface area (Å²) in [5.74, 6) is -0.913. The largest absolute Gasteiger partial charge is 0.298 e. The lowest BCUT2D eigenvalue weighted by Crippen LogP contribution is -2.34. The Morgan fingerprint density at radius 2 is 1.77 bits per heavy atom. The van der Waals surface area contributed by atoms with E-state index in [2.05, 4.69) is 0 Å². The van der Waals surface area contributed by atoms with Gasteiger partial charge in [-0.05, 0) is 0 Å². The lowest BCUT2D eigenvalue weighted by Gasteiger charge is -2.10. The first-order valence-electron chi connectivity index (χ1n) is 3.70. The first-order valence-corrected chi connectivity index (χ1v) is 3.70. The summed E-state index contributed by atoms with van der Waals surface area (Å²) in [7, 11) is 0. The van der Waals surface area contributed by atoms with Crippen LogP contribution >= 0.6 is 0 Å². The molecule has 4 heteroatoms. The topological polar surface area (TPSA) is 54.5 Å². The van der Waals surface area contributed by atoms with Crippen LogP contribution in [-0.4, -0.2) is 29.0 Å². The van der Waals surface area contributed by atoms with Crippen molar-refractivity contribution in [2.24, 2.45) is 0 Å². The quantitative estimate of drug-likeness (QED) is 0.599. The summed E-state index contributed by atoms with van der Waals surface area (Å²) in [4.78, 5) is 33.6. The fourth-order valence-corrected chi connectivity index (χ4v) is 0.875. The predicted molar refractivity (Wildman–Crippen MR) is 47.9 cm³/mol. The van der Waals surface area contributed by atoms with Crippen molar-refractivity contribution in [3.05, 3.63) is 12.2 Å². The van der Waals surface area contributed by atoms with Crippen LogP contribution in [0, 0.1) is 0 Å². The van der Waals surface area contributed by atoms with Crippen LogP contribution in [0.3, 0.4) is 0 Å². The zero-order valence-corrected chi connectivity index (χ0v) is 6.74. The van der Waals surface area contributed by atoms with E-state index in [4.69, 9.17) is 0 Å². The second-order valence-electron chi connectivity index (χ2n) is 2.49. The van der Waals surface area contributed by atoms with Gasteiger partial charge in [0.2, 0.25) is 0 Å². The third-order valence-electron chi connectivity index (χ3n) is 1.63. The molecule has 0 fully saturated rings. The molecule has 0 saturated heterocycles. The van der Waals surface area contributed by atoms with Crippen molar-refractivity contribution in [1.29, 1.82) is 0 Å². The standard InChI is InChI=1S/C8H9NO3.CH4/c1-2-6(10)5-9-7(11)3-4-8(9)12;/h3-4H,2,5H2,1H3;1H4. The van der Waals surface area contributed by atoms with Crippen molar-refractivity contribution in [2.45, 2.75) is 20.8 Å². The van der Waals surface area contributed by atoms with Gasteiger partial charge < -0.3 is 0 Å². The highest BCUT2D eigenvalue weighted by Gasteiger charge is 2.24. The van der Waals surface area contributed by atoms with Crippen LogP contribution < -0.4 is 0 Å². The van der Waals surface area contributed by atoms with Gasteiger partial charge >= 0.3 is 0 Å². The van der Waals surface area contributed by atoms with E-state index in [-0.39, 0.29) is 19.8 Å². The minimum atomic E-state index is -0.401. The van der Waals surface area contributed by atoms with Gasteiger partial charge in [-0.1, -0.05) is 14.4 Å². The molecule has 0 radical (unpaired) electrons. The highest BCUT2D eigenvalue weighted by Crippen LogP contribution is 2.03. The van der Waals surface area contributed by atoms with Crippen LogP contribution in [0.5, 0.6) is 0 Å². The summed E-state index contributed by atoms with van der Waals surface area (Å²) >= 11 is 0. The van der Waals surface area contributed by atoms with Crippen LogP contribution in [0.25, 0.3) is 0 Å². The van der Waals surface area contributed by atoms with Gasteiger partial charge in [-0.2, -0.15) is 0 Å². The van der Waals surface area contributed by atoms with Crippen molar-refractivity contribution in [2.75, 3.05) is 6.54 Å². The maximum absolute atomic E-state index is 10.9. The number of Topliss-reactive ketones (excluding diaryl/α,β-unsaturated/α-hetero) is 1. The van der Waals surface area contributed by atoms with Crippen LogP contribution in [0.4, 0.5) is 0 Å². The number of imide groups is 1. The molecule has 0 aromatic rings. The van der Waals surface area contributed by atoms with E-state index in [0.717, 1.165) is 4.90 Å². The number of ketones is 1. The monoisotopic (exact) mass is 183 g/mol. The van der Waals surface area contributed by atoms with Crippen molar-refractivity contribution in [3.63, 3.8) is 0 Å². The molecule has 0 bridgehead atoms. The van der Waals surface area contributed by atoms with E-state index in [1.165, 1.54) is 12.2 Å². The Kier molecular flexibility index (Phi) is 4.04. The average Bonchev–Trinajstić information content (AvgIpc) is 2.35. The Bertz CT molecular complexity index is 250. The number of hydrogen-bond donors (Lipinski definition) is 0. The van der Waals surface area contributed by atoms with Gasteiger partial charge in [0.1, 0.15) is 0 Å². The molecule has 0 saturated carbocycles. The summed E-state index contributed by atoms with van der Waals surface area (Å²) < 4.78 is 0. The van der Waals surface area contributed by atoms with Crippen LogP contribution in [-0.2, 0) is 14.4 Å². The summed E-state index contributed by atoms with van der Waals surface area (Å²) in [5, 5.41) is 0. The molecule has 0 spiro atoms. The predicted octanol–water partition coefficient (Wildman–Crippen LogP) is 0.527. The second kappa shape index (κ2) is 4.54. The molecule has 72 valence electrons. The molecule has 4 nitrogen and oxygen atoms in total. The Morgan fingerprint density at radius 1 is 1.31 bits per heavy atom. The molecule has 1 aliphatic rings. The van der Waals surface area contributed by atoms with Gasteiger partial charge in [-0.25, -0.2) is 0 Å². The summed E-state index contributed by atoms with van der Waals surface area (Å²) in [5.41, 5.74) is 0. The van der Waals surface area contributed by atoms with E-state index >= 15 is 0 Å². The third kappa shape index (κ3) is 2.50. The van der Waals surface area contributed by atoms with Gasteiger partial charge in [0.25, 0.3) is 11.8 Å². The van der Waals surface area contributed by atoms with Gasteiger partial charge in [0.15, 0.2) is 5.78 Å². The normalized spacial score (nSPS) is 14.7. The molecule has 0 atom stereocenters. The number of hydrogen-bond acceptors (Lipinski definition) is 3. The summed E-state index contributed by atoms with van der Waals surface area (Å²) in [6.45, 7) is 1.60. The van der Waals surface area contributed by atoms with Crippen molar-refractivity contribution < 1.29 is 14.4 Å². The fourth-order valence-electron chi connectivity index (χ4n) is 0.875. The zero-order chi connectivity index (χ0) is 9.14. The van der Waals surface area contributed by atoms with E-state index in [1.54, 1.807) is 6.92 Å². The highest BCUT2D eigenvalue weighted by atomic mass is 16.2. The molecule has 1 aliphatic heterocycles. The van der Waals surface area contributed by atoms with Crippen LogP contribution in [0.2, 0.25) is 0 Å². The van der Waals surface area contributed by atoms with Crippen molar-refractivity contribution in [3.8, 4) is 0 Å². The van der Waals surface area contributed by atoms with Crippen molar-refractivity contribution >= 4 is 17.6 Å². The molecule has 0 aliphatic carbocycles. The first kappa shape index (κ1) is 11.6. The number of nitrogens with zero attached hydrogens (tertiary/aromatic N) is 1. The number of rotatable bonds is 3. The lowest BCUT2D eigenvalue weighted by molar-refractivity contribution is -0.140. The Hall–Kier alpha value is -1.45. The van der Waals surface area contributed by atoms with Crippen LogP contribution in [0.1, 0.15) is 20.8 Å². The maximum atomic E-state index is 10.9. The fraction of sp³-hybridized carbons (Fsp3) is 0.444. The summed E-state index contributed by atoms with van der Waals surface area (Å²) in [6, 6.07) is 0. The Balaban J connectivity index is 0.00000144. The molecular formula is C9H13NO3. The molecule has 2 amide bonds. The number of amides is 2. The van der Waals surface area contributed by atoms with Gasteiger partial charge in [0.05, 0.1) is 6.54 Å². The lowest BCUT2D eigenvalue weighted by atomic mass is 10.3. The highest BCUT2D eigenvalue weighted by molar-refractivity contribution is 6.14. The molecule has 1 heterocycles. The van der Waals surface area contributed by atoms with Gasteiger partial charge in [-0.15, -0.1) is 0 Å². The van der Waals surface area contributed by atoms with Gasteiger partial charge in [-0.3, -0.25) is 19.3 Å². The Morgan fingerprint density at radius 3 is 2.15 bits per heavy atom. The number of carbonyl (C=O) groups is 3. The number of carbonyl (C=O) groups excluding carboxylic acids is 3. The first-order chi connectivity index (χ1) is 5.65. The van der Waals surface area contributed by atoms with E-state index < -0.39 is 11.8 Å².